The van der Waals surface area contributed by atoms with Crippen molar-refractivity contribution in [2.75, 3.05) is 40.5 Å². The van der Waals surface area contributed by atoms with Gasteiger partial charge in [-0.2, -0.15) is 0 Å². The number of nitrogens with zero attached hydrogens (tertiary/aromatic N) is 3. The van der Waals surface area contributed by atoms with Crippen LogP contribution < -0.4 is 4.74 Å². The number of pyridine rings is 1. The van der Waals surface area contributed by atoms with Gasteiger partial charge in [0.2, 0.25) is 0 Å². The van der Waals surface area contributed by atoms with Gasteiger partial charge in [-0.15, -0.1) is 0 Å². The van der Waals surface area contributed by atoms with Gasteiger partial charge in [0.25, 0.3) is 0 Å². The zero-order valence-electron chi connectivity index (χ0n) is 21.5. The van der Waals surface area contributed by atoms with Crippen LogP contribution in [0.3, 0.4) is 0 Å². The summed E-state index contributed by atoms with van der Waals surface area (Å²) < 4.78 is 24.5. The van der Waals surface area contributed by atoms with Crippen LogP contribution in [0.5, 0.6) is 5.75 Å². The average Bonchev–Trinajstić information content (AvgIpc) is 2.92. The van der Waals surface area contributed by atoms with Gasteiger partial charge in [0, 0.05) is 45.2 Å². The van der Waals surface area contributed by atoms with Crippen molar-refractivity contribution in [3.63, 3.8) is 0 Å². The highest BCUT2D eigenvalue weighted by molar-refractivity contribution is 5.30. The molecule has 2 aromatic carbocycles. The number of hydrogen-bond acceptors (Lipinski definition) is 5. The molecule has 0 aliphatic carbocycles. The average molecular weight is 492 g/mol. The predicted molar refractivity (Wildman–Crippen MR) is 141 cm³/mol. The van der Waals surface area contributed by atoms with Crippen LogP contribution in [0.1, 0.15) is 29.5 Å². The first-order valence-electron chi connectivity index (χ1n) is 12.9. The van der Waals surface area contributed by atoms with Crippen molar-refractivity contribution in [3.8, 4) is 5.75 Å². The van der Waals surface area contributed by atoms with Crippen molar-refractivity contribution in [2.45, 2.75) is 38.4 Å². The summed E-state index contributed by atoms with van der Waals surface area (Å²) >= 11 is 0. The number of benzene rings is 2. The Morgan fingerprint density at radius 1 is 1.00 bits per heavy atom. The Balaban J connectivity index is 1.47. The molecule has 0 N–H and O–H groups in total. The lowest BCUT2D eigenvalue weighted by Crippen LogP contribution is -2.47. The number of likely N-dealkylation sites (tertiary alicyclic amines) is 1. The van der Waals surface area contributed by atoms with Gasteiger partial charge < -0.3 is 9.47 Å². The number of halogens is 1. The van der Waals surface area contributed by atoms with Crippen molar-refractivity contribution >= 4 is 0 Å². The molecule has 0 spiro atoms. The zero-order chi connectivity index (χ0) is 25.2. The largest absolute Gasteiger partial charge is 0.494 e. The second kappa shape index (κ2) is 13.5. The van der Waals surface area contributed by atoms with E-state index >= 15 is 0 Å². The molecule has 3 aromatic rings. The fraction of sp³-hybridized carbons (Fsp3) is 0.433. The number of ether oxygens (including phenoxy) is 2. The summed E-state index contributed by atoms with van der Waals surface area (Å²) in [6.07, 6.45) is 7.08. The summed E-state index contributed by atoms with van der Waals surface area (Å²) in [5, 5.41) is 0. The van der Waals surface area contributed by atoms with Gasteiger partial charge >= 0.3 is 0 Å². The van der Waals surface area contributed by atoms with E-state index in [1.165, 1.54) is 24.3 Å². The summed E-state index contributed by atoms with van der Waals surface area (Å²) in [6, 6.07) is 20.6. The third-order valence-electron chi connectivity index (χ3n) is 7.25. The van der Waals surface area contributed by atoms with Crippen LogP contribution in [-0.4, -0.2) is 61.3 Å². The quantitative estimate of drug-likeness (QED) is 0.348. The molecule has 0 bridgehead atoms. The summed E-state index contributed by atoms with van der Waals surface area (Å²) in [4.78, 5) is 9.42. The Bertz CT molecular complexity index is 1040. The Morgan fingerprint density at radius 2 is 1.78 bits per heavy atom. The third-order valence-corrected chi connectivity index (χ3v) is 7.25. The van der Waals surface area contributed by atoms with E-state index in [-0.39, 0.29) is 5.82 Å². The summed E-state index contributed by atoms with van der Waals surface area (Å²) in [6.45, 7) is 5.33. The highest BCUT2D eigenvalue weighted by atomic mass is 19.1. The monoisotopic (exact) mass is 491 g/mol. The van der Waals surface area contributed by atoms with Crippen molar-refractivity contribution in [1.29, 1.82) is 0 Å². The first-order chi connectivity index (χ1) is 17.7. The second-order valence-electron chi connectivity index (χ2n) is 9.66. The Morgan fingerprint density at radius 3 is 2.47 bits per heavy atom. The fourth-order valence-electron chi connectivity index (χ4n) is 5.30. The third kappa shape index (κ3) is 7.36. The first kappa shape index (κ1) is 26.3. The molecule has 1 fully saturated rings. The zero-order valence-corrected chi connectivity index (χ0v) is 21.5. The minimum absolute atomic E-state index is 0.312. The van der Waals surface area contributed by atoms with Crippen molar-refractivity contribution in [3.05, 3.63) is 95.6 Å². The number of rotatable bonds is 12. The molecule has 2 heterocycles. The van der Waals surface area contributed by atoms with Crippen LogP contribution in [0.2, 0.25) is 0 Å². The van der Waals surface area contributed by atoms with Gasteiger partial charge in [-0.3, -0.25) is 14.8 Å². The minimum atomic E-state index is -0.312. The molecule has 0 unspecified atom stereocenters. The Labute approximate surface area is 214 Å². The van der Waals surface area contributed by atoms with E-state index in [1.807, 2.05) is 30.6 Å². The van der Waals surface area contributed by atoms with Gasteiger partial charge in [0.1, 0.15) is 0 Å². The molecule has 0 amide bonds. The summed E-state index contributed by atoms with van der Waals surface area (Å²) in [5.41, 5.74) is 3.69. The molecular weight excluding hydrogens is 453 g/mol. The van der Waals surface area contributed by atoms with Crippen molar-refractivity contribution in [1.82, 2.24) is 14.8 Å². The van der Waals surface area contributed by atoms with E-state index in [0.29, 0.717) is 24.3 Å². The Kier molecular flexibility index (Phi) is 9.84. The van der Waals surface area contributed by atoms with E-state index in [4.69, 9.17) is 9.47 Å². The molecule has 1 aliphatic heterocycles. The molecule has 36 heavy (non-hydrogen) atoms. The van der Waals surface area contributed by atoms with Crippen molar-refractivity contribution in [2.24, 2.45) is 5.92 Å². The van der Waals surface area contributed by atoms with Crippen LogP contribution in [0.25, 0.3) is 0 Å². The van der Waals surface area contributed by atoms with Gasteiger partial charge in [-0.25, -0.2) is 4.39 Å². The molecule has 1 aliphatic rings. The van der Waals surface area contributed by atoms with Crippen LogP contribution in [0.15, 0.2) is 73.1 Å². The SMILES string of the molecule is COCCN(Cc1cccnc1)[C@H](Cc1ccccc1)C1CCN(Cc2ccc(F)c(OC)c2)CC1. The van der Waals surface area contributed by atoms with Gasteiger partial charge in [-0.1, -0.05) is 42.5 Å². The maximum Gasteiger partial charge on any atom is 0.165 e. The topological polar surface area (TPSA) is 37.8 Å². The van der Waals surface area contributed by atoms with Crippen LogP contribution in [-0.2, 0) is 24.2 Å². The lowest BCUT2D eigenvalue weighted by Gasteiger charge is -2.41. The molecule has 5 nitrogen and oxygen atoms in total. The van der Waals surface area contributed by atoms with Crippen LogP contribution >= 0.6 is 0 Å². The normalized spacial score (nSPS) is 15.8. The number of methoxy groups -OCH3 is 2. The molecule has 6 heteroatoms. The highest BCUT2D eigenvalue weighted by Gasteiger charge is 2.31. The Hall–Kier alpha value is -2.80. The molecule has 1 saturated heterocycles. The van der Waals surface area contributed by atoms with Crippen LogP contribution in [0, 0.1) is 11.7 Å². The number of piperidine rings is 1. The predicted octanol–water partition coefficient (Wildman–Crippen LogP) is 5.20. The van der Waals surface area contributed by atoms with Crippen LogP contribution in [0.4, 0.5) is 4.39 Å². The molecule has 192 valence electrons. The maximum atomic E-state index is 13.8. The van der Waals surface area contributed by atoms with E-state index in [9.17, 15) is 4.39 Å². The lowest BCUT2D eigenvalue weighted by atomic mass is 9.84. The lowest BCUT2D eigenvalue weighted by molar-refractivity contribution is 0.0571. The number of hydrogen-bond donors (Lipinski definition) is 0. The fourth-order valence-corrected chi connectivity index (χ4v) is 5.30. The van der Waals surface area contributed by atoms with Gasteiger partial charge in [0.15, 0.2) is 11.6 Å². The van der Waals surface area contributed by atoms with E-state index in [0.717, 1.165) is 57.5 Å². The van der Waals surface area contributed by atoms with Gasteiger partial charge in [-0.05, 0) is 73.2 Å². The van der Waals surface area contributed by atoms with E-state index in [1.54, 1.807) is 7.11 Å². The molecule has 4 rings (SSSR count). The second-order valence-corrected chi connectivity index (χ2v) is 9.66. The molecule has 0 radical (unpaired) electrons. The molecule has 1 atom stereocenters. The summed E-state index contributed by atoms with van der Waals surface area (Å²) in [5.74, 6) is 0.584. The summed E-state index contributed by atoms with van der Waals surface area (Å²) in [7, 11) is 3.29. The first-order valence-corrected chi connectivity index (χ1v) is 12.9. The molecular formula is C30H38FN3O2. The maximum absolute atomic E-state index is 13.8. The number of aromatic nitrogens is 1. The smallest absolute Gasteiger partial charge is 0.165 e. The highest BCUT2D eigenvalue weighted by Crippen LogP contribution is 2.29. The molecule has 0 saturated carbocycles. The molecule has 1 aromatic heterocycles. The van der Waals surface area contributed by atoms with Crippen molar-refractivity contribution < 1.29 is 13.9 Å². The van der Waals surface area contributed by atoms with E-state index < -0.39 is 0 Å². The standard InChI is InChI=1S/C30H38FN3O2/c1-35-18-17-34(23-26-9-6-14-32-21-26)29(19-24-7-4-3-5-8-24)27-12-15-33(16-13-27)22-25-10-11-28(31)30(20-25)36-2/h3-11,14,20-21,27,29H,12-13,15-19,22-23H2,1-2H3/t29-/m1/s1. The minimum Gasteiger partial charge on any atom is -0.494 e. The van der Waals surface area contributed by atoms with E-state index in [2.05, 4.69) is 51.2 Å². The van der Waals surface area contributed by atoms with Gasteiger partial charge in [0.05, 0.1) is 13.7 Å².